The molecule has 0 fully saturated rings. The van der Waals surface area contributed by atoms with E-state index in [1.54, 1.807) is 11.3 Å². The molecule has 0 saturated heterocycles. The van der Waals surface area contributed by atoms with Crippen LogP contribution in [0.2, 0.25) is 0 Å². The summed E-state index contributed by atoms with van der Waals surface area (Å²) in [6.45, 7) is 4.29. The van der Waals surface area contributed by atoms with Gasteiger partial charge in [-0.15, -0.1) is 11.3 Å². The third-order valence-corrected chi connectivity index (χ3v) is 5.21. The van der Waals surface area contributed by atoms with Gasteiger partial charge in [0.15, 0.2) is 0 Å². The fourth-order valence-electron chi connectivity index (χ4n) is 2.94. The van der Waals surface area contributed by atoms with Crippen LogP contribution in [0.4, 0.5) is 5.00 Å². The summed E-state index contributed by atoms with van der Waals surface area (Å²) in [7, 11) is 0. The molecule has 3 nitrogen and oxygen atoms in total. The lowest BCUT2D eigenvalue weighted by atomic mass is 9.95. The highest BCUT2D eigenvalue weighted by molar-refractivity contribution is 7.16. The van der Waals surface area contributed by atoms with Gasteiger partial charge in [-0.2, -0.15) is 0 Å². The molecule has 0 radical (unpaired) electrons. The molecule has 2 aromatic rings. The van der Waals surface area contributed by atoms with Crippen molar-refractivity contribution in [1.29, 1.82) is 0 Å². The molecular formula is C19H21NO2S. The Balaban J connectivity index is 1.97. The molecule has 0 bridgehead atoms. The van der Waals surface area contributed by atoms with Crippen LogP contribution in [0.1, 0.15) is 51.7 Å². The van der Waals surface area contributed by atoms with Gasteiger partial charge in [0.25, 0.3) is 0 Å². The van der Waals surface area contributed by atoms with Crippen LogP contribution in [0.25, 0.3) is 0 Å². The molecule has 0 aliphatic heterocycles. The van der Waals surface area contributed by atoms with E-state index in [1.165, 1.54) is 16.9 Å². The second-order valence-corrected chi connectivity index (χ2v) is 6.87. The summed E-state index contributed by atoms with van der Waals surface area (Å²) in [5.74, 6) is -0.233. The van der Waals surface area contributed by atoms with Gasteiger partial charge in [0, 0.05) is 11.1 Å². The zero-order valence-corrected chi connectivity index (χ0v) is 14.4. The van der Waals surface area contributed by atoms with Gasteiger partial charge >= 0.3 is 5.97 Å². The Labute approximate surface area is 141 Å². The summed E-state index contributed by atoms with van der Waals surface area (Å²) in [6, 6.07) is 8.18. The molecule has 1 aliphatic rings. The second-order valence-electron chi connectivity index (χ2n) is 5.78. The van der Waals surface area contributed by atoms with Crippen molar-refractivity contribution in [1.82, 2.24) is 0 Å². The largest absolute Gasteiger partial charge is 0.462 e. The Morgan fingerprint density at radius 3 is 2.96 bits per heavy atom. The molecule has 120 valence electrons. The van der Waals surface area contributed by atoms with Gasteiger partial charge in [-0.05, 0) is 50.7 Å². The Morgan fingerprint density at radius 2 is 2.17 bits per heavy atom. The van der Waals surface area contributed by atoms with E-state index >= 15 is 0 Å². The predicted molar refractivity (Wildman–Crippen MR) is 95.4 cm³/mol. The smallest absolute Gasteiger partial charge is 0.341 e. The maximum Gasteiger partial charge on any atom is 0.341 e. The van der Waals surface area contributed by atoms with E-state index in [0.29, 0.717) is 12.2 Å². The number of nitrogens with zero attached hydrogens (tertiary/aromatic N) is 1. The number of ether oxygens (including phenoxy) is 1. The van der Waals surface area contributed by atoms with Crippen molar-refractivity contribution in [2.24, 2.45) is 4.99 Å². The number of rotatable bonds is 4. The quantitative estimate of drug-likeness (QED) is 0.594. The maximum atomic E-state index is 12.4. The molecule has 0 N–H and O–H groups in total. The molecule has 0 atom stereocenters. The highest BCUT2D eigenvalue weighted by Gasteiger charge is 2.25. The minimum atomic E-state index is -0.233. The van der Waals surface area contributed by atoms with E-state index in [9.17, 15) is 4.79 Å². The Hall–Kier alpha value is -1.94. The van der Waals surface area contributed by atoms with Crippen molar-refractivity contribution in [3.05, 3.63) is 51.4 Å². The van der Waals surface area contributed by atoms with Gasteiger partial charge in [0.1, 0.15) is 5.00 Å². The van der Waals surface area contributed by atoms with Crippen LogP contribution in [-0.4, -0.2) is 18.8 Å². The number of aryl methyl sites for hydroxylation is 2. The molecule has 1 aromatic carbocycles. The molecule has 0 saturated carbocycles. The lowest BCUT2D eigenvalue weighted by Crippen LogP contribution is -2.09. The van der Waals surface area contributed by atoms with Gasteiger partial charge in [0.05, 0.1) is 12.2 Å². The molecule has 1 heterocycles. The first kappa shape index (κ1) is 15.9. The lowest BCUT2D eigenvalue weighted by Gasteiger charge is -2.11. The Morgan fingerprint density at radius 1 is 1.35 bits per heavy atom. The summed E-state index contributed by atoms with van der Waals surface area (Å²) in [6.07, 6.45) is 6.17. The first-order valence-electron chi connectivity index (χ1n) is 8.11. The number of benzene rings is 1. The number of thiophene rings is 1. The van der Waals surface area contributed by atoms with Crippen molar-refractivity contribution in [2.45, 2.75) is 39.5 Å². The molecular weight excluding hydrogens is 306 g/mol. The van der Waals surface area contributed by atoms with E-state index in [-0.39, 0.29) is 5.97 Å². The normalized spacial score (nSPS) is 14.0. The molecule has 0 amide bonds. The standard InChI is InChI=1S/C19H21NO2S/c1-3-22-19(21)17-15-9-4-5-10-16(15)23-18(17)20-12-14-8-6-7-13(2)11-14/h6-8,11-12H,3-5,9-10H2,1-2H3. The number of aliphatic imine (C=N–C) groups is 1. The molecule has 0 unspecified atom stereocenters. The third kappa shape index (κ3) is 3.53. The minimum absolute atomic E-state index is 0.233. The molecule has 1 aromatic heterocycles. The van der Waals surface area contributed by atoms with Crippen LogP contribution in [0.5, 0.6) is 0 Å². The van der Waals surface area contributed by atoms with Crippen LogP contribution in [0.3, 0.4) is 0 Å². The van der Waals surface area contributed by atoms with Crippen molar-refractivity contribution >= 4 is 28.5 Å². The summed E-state index contributed by atoms with van der Waals surface area (Å²) in [5, 5.41) is 0.789. The number of carbonyl (C=O) groups excluding carboxylic acids is 1. The van der Waals surface area contributed by atoms with Gasteiger partial charge in [-0.1, -0.05) is 29.8 Å². The highest BCUT2D eigenvalue weighted by Crippen LogP contribution is 2.40. The summed E-state index contributed by atoms with van der Waals surface area (Å²) < 4.78 is 5.26. The fourth-order valence-corrected chi connectivity index (χ4v) is 4.16. The maximum absolute atomic E-state index is 12.4. The zero-order chi connectivity index (χ0) is 16.2. The van der Waals surface area contributed by atoms with Crippen LogP contribution in [-0.2, 0) is 17.6 Å². The number of hydrogen-bond acceptors (Lipinski definition) is 4. The van der Waals surface area contributed by atoms with E-state index in [1.807, 2.05) is 25.3 Å². The molecule has 3 rings (SSSR count). The van der Waals surface area contributed by atoms with Gasteiger partial charge in [-0.3, -0.25) is 0 Å². The molecule has 4 heteroatoms. The average Bonchev–Trinajstić information content (AvgIpc) is 2.91. The topological polar surface area (TPSA) is 38.7 Å². The zero-order valence-electron chi connectivity index (χ0n) is 13.6. The summed E-state index contributed by atoms with van der Waals surface area (Å²) >= 11 is 1.64. The first-order chi connectivity index (χ1) is 11.2. The van der Waals surface area contributed by atoms with Crippen molar-refractivity contribution in [3.63, 3.8) is 0 Å². The monoisotopic (exact) mass is 327 g/mol. The Bertz CT molecular complexity index is 746. The van der Waals surface area contributed by atoms with Crippen molar-refractivity contribution in [2.75, 3.05) is 6.61 Å². The summed E-state index contributed by atoms with van der Waals surface area (Å²) in [5.41, 5.74) is 4.10. The molecule has 23 heavy (non-hydrogen) atoms. The number of carbonyl (C=O) groups is 1. The number of esters is 1. The first-order valence-corrected chi connectivity index (χ1v) is 8.93. The van der Waals surface area contributed by atoms with Crippen LogP contribution < -0.4 is 0 Å². The van der Waals surface area contributed by atoms with Gasteiger partial charge < -0.3 is 4.74 Å². The van der Waals surface area contributed by atoms with Crippen LogP contribution in [0, 0.1) is 6.92 Å². The second kappa shape index (κ2) is 7.09. The van der Waals surface area contributed by atoms with E-state index in [4.69, 9.17) is 4.74 Å². The summed E-state index contributed by atoms with van der Waals surface area (Å²) in [4.78, 5) is 18.3. The number of fused-ring (bicyclic) bond motifs is 1. The van der Waals surface area contributed by atoms with Crippen LogP contribution in [0.15, 0.2) is 29.3 Å². The molecule has 0 spiro atoms. The van der Waals surface area contributed by atoms with Crippen molar-refractivity contribution < 1.29 is 9.53 Å². The fraction of sp³-hybridized carbons (Fsp3) is 0.368. The van der Waals surface area contributed by atoms with Crippen molar-refractivity contribution in [3.8, 4) is 0 Å². The van der Waals surface area contributed by atoms with E-state index in [0.717, 1.165) is 35.4 Å². The SMILES string of the molecule is CCOC(=O)c1c(N=Cc2cccc(C)c2)sc2c1CCCC2. The third-order valence-electron chi connectivity index (χ3n) is 4.01. The lowest BCUT2D eigenvalue weighted by molar-refractivity contribution is 0.0526. The molecule has 1 aliphatic carbocycles. The van der Waals surface area contributed by atoms with Crippen LogP contribution >= 0.6 is 11.3 Å². The Kier molecular flexibility index (Phi) is 4.91. The van der Waals surface area contributed by atoms with Gasteiger partial charge in [-0.25, -0.2) is 9.79 Å². The minimum Gasteiger partial charge on any atom is -0.462 e. The average molecular weight is 327 g/mol. The van der Waals surface area contributed by atoms with Gasteiger partial charge in [0.2, 0.25) is 0 Å². The van der Waals surface area contributed by atoms with E-state index in [2.05, 4.69) is 24.0 Å². The highest BCUT2D eigenvalue weighted by atomic mass is 32.1. The predicted octanol–water partition coefficient (Wildman–Crippen LogP) is 4.86. The van der Waals surface area contributed by atoms with E-state index < -0.39 is 0 Å². The number of hydrogen-bond donors (Lipinski definition) is 0.